The highest BCUT2D eigenvalue weighted by molar-refractivity contribution is 7.04. The average Bonchev–Trinajstić information content (AvgIpc) is 2.54. The number of halogens is 2. The SMILES string of the molecule is Nc1c(Nc2ccc(Cl)cc2Cl)[nH]sc1=O. The Bertz CT molecular complexity index is 578. The van der Waals surface area contributed by atoms with Crippen LogP contribution in [0.5, 0.6) is 0 Å². The molecule has 84 valence electrons. The van der Waals surface area contributed by atoms with Crippen LogP contribution in [0.4, 0.5) is 17.2 Å². The van der Waals surface area contributed by atoms with Gasteiger partial charge in [0.2, 0.25) is 0 Å². The highest BCUT2D eigenvalue weighted by atomic mass is 35.5. The van der Waals surface area contributed by atoms with E-state index in [9.17, 15) is 4.79 Å². The summed E-state index contributed by atoms with van der Waals surface area (Å²) in [5.41, 5.74) is 6.35. The van der Waals surface area contributed by atoms with E-state index in [0.29, 0.717) is 21.6 Å². The number of nitrogens with one attached hydrogen (secondary N) is 2. The summed E-state index contributed by atoms with van der Waals surface area (Å²) in [6.07, 6.45) is 0. The van der Waals surface area contributed by atoms with Gasteiger partial charge in [-0.15, -0.1) is 0 Å². The normalized spacial score (nSPS) is 10.4. The molecular weight excluding hydrogens is 269 g/mol. The van der Waals surface area contributed by atoms with Crippen molar-refractivity contribution in [3.05, 3.63) is 37.8 Å². The fourth-order valence-corrected chi connectivity index (χ4v) is 2.15. The van der Waals surface area contributed by atoms with Gasteiger partial charge in [0.15, 0.2) is 0 Å². The molecule has 1 aromatic carbocycles. The summed E-state index contributed by atoms with van der Waals surface area (Å²) in [6.45, 7) is 0. The molecule has 0 bridgehead atoms. The Morgan fingerprint density at radius 3 is 2.69 bits per heavy atom. The zero-order chi connectivity index (χ0) is 11.7. The van der Waals surface area contributed by atoms with Crippen LogP contribution < -0.4 is 15.8 Å². The predicted octanol–water partition coefficient (Wildman–Crippen LogP) is 3.07. The average molecular weight is 276 g/mol. The molecule has 4 nitrogen and oxygen atoms in total. The molecule has 2 rings (SSSR count). The Hall–Kier alpha value is -1.17. The number of benzene rings is 1. The molecule has 0 radical (unpaired) electrons. The van der Waals surface area contributed by atoms with Crippen molar-refractivity contribution in [1.82, 2.24) is 4.37 Å². The third-order valence-electron chi connectivity index (χ3n) is 1.93. The molecule has 0 aliphatic heterocycles. The van der Waals surface area contributed by atoms with Crippen LogP contribution in [0, 0.1) is 0 Å². The van der Waals surface area contributed by atoms with E-state index < -0.39 is 0 Å². The third-order valence-corrected chi connectivity index (χ3v) is 3.19. The minimum Gasteiger partial charge on any atom is -0.392 e. The largest absolute Gasteiger partial charge is 0.392 e. The van der Waals surface area contributed by atoms with E-state index in [2.05, 4.69) is 9.69 Å². The van der Waals surface area contributed by atoms with Crippen LogP contribution in [0.25, 0.3) is 0 Å². The Balaban J connectivity index is 2.34. The van der Waals surface area contributed by atoms with Gasteiger partial charge in [0, 0.05) is 5.02 Å². The molecule has 0 amide bonds. The lowest BCUT2D eigenvalue weighted by molar-refractivity contribution is 1.47. The summed E-state index contributed by atoms with van der Waals surface area (Å²) in [6, 6.07) is 5.00. The topological polar surface area (TPSA) is 70.9 Å². The Morgan fingerprint density at radius 2 is 2.12 bits per heavy atom. The van der Waals surface area contributed by atoms with Crippen LogP contribution in [0.2, 0.25) is 10.0 Å². The summed E-state index contributed by atoms with van der Waals surface area (Å²) in [7, 11) is 0. The van der Waals surface area contributed by atoms with E-state index >= 15 is 0 Å². The molecule has 0 spiro atoms. The fourth-order valence-electron chi connectivity index (χ4n) is 1.13. The minimum atomic E-state index is -0.215. The summed E-state index contributed by atoms with van der Waals surface area (Å²) < 4.78 is 2.55. The quantitative estimate of drug-likeness (QED) is 0.789. The number of aromatic nitrogens is 1. The number of hydrogen-bond acceptors (Lipinski definition) is 4. The van der Waals surface area contributed by atoms with Gasteiger partial charge in [-0.05, 0) is 29.7 Å². The summed E-state index contributed by atoms with van der Waals surface area (Å²) in [5, 5.41) is 3.93. The Morgan fingerprint density at radius 1 is 1.38 bits per heavy atom. The maximum atomic E-state index is 11.1. The number of anilines is 3. The maximum Gasteiger partial charge on any atom is 0.274 e. The van der Waals surface area contributed by atoms with Crippen molar-refractivity contribution in [2.75, 3.05) is 11.1 Å². The minimum absolute atomic E-state index is 0.149. The van der Waals surface area contributed by atoms with Gasteiger partial charge in [-0.25, -0.2) is 0 Å². The molecule has 0 saturated carbocycles. The molecule has 0 aliphatic carbocycles. The van der Waals surface area contributed by atoms with Crippen LogP contribution in [0.15, 0.2) is 23.0 Å². The van der Waals surface area contributed by atoms with Crippen LogP contribution >= 0.6 is 34.7 Å². The first-order valence-corrected chi connectivity index (χ1v) is 5.84. The Labute approximate surface area is 105 Å². The predicted molar refractivity (Wildman–Crippen MR) is 69.1 cm³/mol. The number of aromatic amines is 1. The van der Waals surface area contributed by atoms with Crippen molar-refractivity contribution < 1.29 is 0 Å². The molecule has 7 heteroatoms. The molecule has 1 heterocycles. The fraction of sp³-hybridized carbons (Fsp3) is 0. The molecule has 0 atom stereocenters. The smallest absolute Gasteiger partial charge is 0.274 e. The number of hydrogen-bond donors (Lipinski definition) is 3. The van der Waals surface area contributed by atoms with Crippen molar-refractivity contribution in [3.8, 4) is 0 Å². The second kappa shape index (κ2) is 4.37. The first-order chi connectivity index (χ1) is 7.58. The van der Waals surface area contributed by atoms with E-state index in [-0.39, 0.29) is 10.4 Å². The van der Waals surface area contributed by atoms with Gasteiger partial charge >= 0.3 is 0 Å². The van der Waals surface area contributed by atoms with Gasteiger partial charge < -0.3 is 11.1 Å². The summed E-state index contributed by atoms with van der Waals surface area (Å²) in [4.78, 5) is 11.1. The van der Waals surface area contributed by atoms with Crippen LogP contribution in [-0.2, 0) is 0 Å². The molecule has 0 aliphatic rings. The Kier molecular flexibility index (Phi) is 3.09. The van der Waals surface area contributed by atoms with Gasteiger partial charge in [-0.1, -0.05) is 23.2 Å². The van der Waals surface area contributed by atoms with Gasteiger partial charge in [0.25, 0.3) is 4.74 Å². The van der Waals surface area contributed by atoms with E-state index in [1.54, 1.807) is 18.2 Å². The van der Waals surface area contributed by atoms with E-state index in [1.807, 2.05) is 0 Å². The number of H-pyrrole nitrogens is 1. The second-order valence-electron chi connectivity index (χ2n) is 3.03. The molecule has 0 fully saturated rings. The lowest BCUT2D eigenvalue weighted by atomic mass is 10.3. The van der Waals surface area contributed by atoms with E-state index in [0.717, 1.165) is 11.5 Å². The molecule has 0 saturated heterocycles. The number of rotatable bonds is 2. The van der Waals surface area contributed by atoms with E-state index in [4.69, 9.17) is 28.9 Å². The lowest BCUT2D eigenvalue weighted by Gasteiger charge is -2.06. The van der Waals surface area contributed by atoms with Crippen molar-refractivity contribution in [2.24, 2.45) is 0 Å². The van der Waals surface area contributed by atoms with Gasteiger partial charge in [0.1, 0.15) is 11.5 Å². The van der Waals surface area contributed by atoms with Crippen molar-refractivity contribution in [1.29, 1.82) is 0 Å². The molecular formula is C9H7Cl2N3OS. The van der Waals surface area contributed by atoms with Crippen molar-refractivity contribution >= 4 is 51.9 Å². The highest BCUT2D eigenvalue weighted by Gasteiger charge is 2.08. The first-order valence-electron chi connectivity index (χ1n) is 4.27. The van der Waals surface area contributed by atoms with Crippen molar-refractivity contribution in [3.63, 3.8) is 0 Å². The molecule has 0 unspecified atom stereocenters. The number of nitrogen functional groups attached to an aromatic ring is 1. The molecule has 16 heavy (non-hydrogen) atoms. The van der Waals surface area contributed by atoms with E-state index in [1.165, 1.54) is 0 Å². The number of nitrogens with two attached hydrogens (primary N) is 1. The van der Waals surface area contributed by atoms with Crippen LogP contribution in [0.1, 0.15) is 0 Å². The zero-order valence-corrected chi connectivity index (χ0v) is 10.2. The van der Waals surface area contributed by atoms with Gasteiger partial charge in [-0.3, -0.25) is 9.17 Å². The third kappa shape index (κ3) is 2.16. The zero-order valence-electron chi connectivity index (χ0n) is 7.88. The van der Waals surface area contributed by atoms with Gasteiger partial charge in [-0.2, -0.15) is 0 Å². The first kappa shape index (κ1) is 11.3. The highest BCUT2D eigenvalue weighted by Crippen LogP contribution is 2.29. The van der Waals surface area contributed by atoms with Crippen LogP contribution in [0.3, 0.4) is 0 Å². The summed E-state index contributed by atoms with van der Waals surface area (Å²) in [5.74, 6) is 0.444. The molecule has 4 N–H and O–H groups in total. The summed E-state index contributed by atoms with van der Waals surface area (Å²) >= 11 is 12.6. The van der Waals surface area contributed by atoms with Crippen LogP contribution in [-0.4, -0.2) is 4.37 Å². The standard InChI is InChI=1S/C9H7Cl2N3OS/c10-4-1-2-6(5(11)3-4)13-8-7(12)9(15)16-14-8/h1-3,13-14H,12H2. The maximum absolute atomic E-state index is 11.1. The monoisotopic (exact) mass is 275 g/mol. The lowest BCUT2D eigenvalue weighted by Crippen LogP contribution is -2.02. The molecule has 2 aromatic rings. The molecule has 1 aromatic heterocycles. The van der Waals surface area contributed by atoms with Crippen molar-refractivity contribution in [2.45, 2.75) is 0 Å². The second-order valence-corrected chi connectivity index (χ2v) is 4.65. The van der Waals surface area contributed by atoms with Gasteiger partial charge in [0.05, 0.1) is 10.7 Å².